The van der Waals surface area contributed by atoms with Gasteiger partial charge in [0.05, 0.1) is 5.52 Å². The Morgan fingerprint density at radius 2 is 2.22 bits per heavy atom. The number of hydrogen-bond acceptors (Lipinski definition) is 5. The second-order valence-corrected chi connectivity index (χ2v) is 7.00. The summed E-state index contributed by atoms with van der Waals surface area (Å²) in [7, 11) is 0. The third-order valence-corrected chi connectivity index (χ3v) is 4.87. The van der Waals surface area contributed by atoms with Crippen molar-refractivity contribution in [3.8, 4) is 0 Å². The van der Waals surface area contributed by atoms with Gasteiger partial charge < -0.3 is 14.4 Å². The molecule has 4 rings (SSSR count). The first-order valence-corrected chi connectivity index (χ1v) is 8.91. The fourth-order valence-corrected chi connectivity index (χ4v) is 3.41. The molecule has 1 saturated heterocycles. The maximum atomic E-state index is 13.9. The molecule has 0 unspecified atom stereocenters. The number of rotatable bonds is 3. The summed E-state index contributed by atoms with van der Waals surface area (Å²) in [5, 5.41) is 4.11. The quantitative estimate of drug-likeness (QED) is 0.765. The third kappa shape index (κ3) is 2.90. The van der Waals surface area contributed by atoms with Gasteiger partial charge in [0.25, 0.3) is 5.91 Å². The number of H-pyrrole nitrogens is 1. The lowest BCUT2D eigenvalue weighted by Gasteiger charge is -2.21. The van der Waals surface area contributed by atoms with Crippen molar-refractivity contribution in [1.82, 2.24) is 20.0 Å². The van der Waals surface area contributed by atoms with Crippen LogP contribution >= 0.6 is 0 Å². The number of para-hydroxylation sites is 1. The molecule has 0 saturated carbocycles. The lowest BCUT2D eigenvalue weighted by atomic mass is 10.1. The summed E-state index contributed by atoms with van der Waals surface area (Å²) in [5.41, 5.74) is -0.425. The second kappa shape index (κ2) is 6.61. The largest absolute Gasteiger partial charge is 0.358 e. The van der Waals surface area contributed by atoms with E-state index in [9.17, 15) is 14.0 Å². The van der Waals surface area contributed by atoms with E-state index in [0.717, 1.165) is 6.42 Å². The fraction of sp³-hybridized carbons (Fsp3) is 0.368. The highest BCUT2D eigenvalue weighted by atomic mass is 19.1. The van der Waals surface area contributed by atoms with Gasteiger partial charge in [-0.25, -0.2) is 4.39 Å². The minimum absolute atomic E-state index is 0.0244. The molecule has 3 heterocycles. The van der Waals surface area contributed by atoms with E-state index in [1.165, 1.54) is 24.4 Å². The number of nitrogens with one attached hydrogen (secondary N) is 1. The van der Waals surface area contributed by atoms with E-state index < -0.39 is 17.2 Å². The molecule has 0 aliphatic carbocycles. The van der Waals surface area contributed by atoms with E-state index in [2.05, 4.69) is 15.1 Å². The number of amides is 1. The van der Waals surface area contributed by atoms with Gasteiger partial charge in [0.15, 0.2) is 5.82 Å². The molecule has 1 aliphatic heterocycles. The van der Waals surface area contributed by atoms with E-state index in [4.69, 9.17) is 4.52 Å². The zero-order valence-corrected chi connectivity index (χ0v) is 15.0. The molecule has 1 amide bonds. The highest BCUT2D eigenvalue weighted by Gasteiger charge is 2.35. The van der Waals surface area contributed by atoms with E-state index >= 15 is 0 Å². The molecule has 0 spiro atoms. The molecule has 1 atom stereocenters. The molecule has 140 valence electrons. The summed E-state index contributed by atoms with van der Waals surface area (Å²) in [4.78, 5) is 34.5. The number of aromatic nitrogens is 3. The van der Waals surface area contributed by atoms with Crippen LogP contribution in [0.15, 0.2) is 33.7 Å². The van der Waals surface area contributed by atoms with Crippen molar-refractivity contribution in [2.45, 2.75) is 38.6 Å². The zero-order valence-electron chi connectivity index (χ0n) is 15.0. The highest BCUT2D eigenvalue weighted by molar-refractivity contribution is 5.97. The van der Waals surface area contributed by atoms with Crippen LogP contribution < -0.4 is 5.43 Å². The molecule has 27 heavy (non-hydrogen) atoms. The number of benzene rings is 1. The first-order valence-electron chi connectivity index (χ1n) is 8.91. The van der Waals surface area contributed by atoms with Gasteiger partial charge in [-0.05, 0) is 25.0 Å². The fourth-order valence-electron chi connectivity index (χ4n) is 3.41. The Morgan fingerprint density at radius 3 is 2.96 bits per heavy atom. The number of nitrogens with zero attached hydrogens (tertiary/aromatic N) is 3. The number of pyridine rings is 1. The minimum Gasteiger partial charge on any atom is -0.358 e. The Hall–Kier alpha value is -3.03. The lowest BCUT2D eigenvalue weighted by Crippen LogP contribution is -2.34. The van der Waals surface area contributed by atoms with Crippen molar-refractivity contribution in [2.24, 2.45) is 0 Å². The monoisotopic (exact) mass is 370 g/mol. The van der Waals surface area contributed by atoms with Crippen LogP contribution in [-0.4, -0.2) is 32.5 Å². The Balaban J connectivity index is 1.70. The number of aromatic amines is 1. The average Bonchev–Trinajstić information content (AvgIpc) is 3.31. The standard InChI is InChI=1S/C19H19FN4O3/c1-10(2)17-22-18(27-23-17)14-7-4-8-24(14)19(26)12-9-21-15-11(16(12)25)5-3-6-13(15)20/h3,5-6,9-10,14H,4,7-8H2,1-2H3,(H,21,25)/t14-/m0/s1. The van der Waals surface area contributed by atoms with Crippen LogP contribution in [0.2, 0.25) is 0 Å². The smallest absolute Gasteiger partial charge is 0.260 e. The van der Waals surface area contributed by atoms with E-state index in [1.807, 2.05) is 13.8 Å². The maximum Gasteiger partial charge on any atom is 0.260 e. The Labute approximate surface area is 154 Å². The number of halogens is 1. The van der Waals surface area contributed by atoms with Crippen LogP contribution in [-0.2, 0) is 0 Å². The topological polar surface area (TPSA) is 92.1 Å². The molecule has 0 radical (unpaired) electrons. The van der Waals surface area contributed by atoms with Gasteiger partial charge in [0.1, 0.15) is 17.4 Å². The van der Waals surface area contributed by atoms with E-state index in [0.29, 0.717) is 24.7 Å². The van der Waals surface area contributed by atoms with Crippen LogP contribution in [0.25, 0.3) is 10.9 Å². The Morgan fingerprint density at radius 1 is 1.41 bits per heavy atom. The van der Waals surface area contributed by atoms with E-state index in [1.54, 1.807) is 4.90 Å². The van der Waals surface area contributed by atoms with Gasteiger partial charge in [-0.2, -0.15) is 4.98 Å². The number of fused-ring (bicyclic) bond motifs is 1. The molecule has 1 aliphatic rings. The third-order valence-electron chi connectivity index (χ3n) is 4.87. The van der Waals surface area contributed by atoms with Gasteiger partial charge in [-0.3, -0.25) is 9.59 Å². The van der Waals surface area contributed by atoms with Crippen molar-refractivity contribution in [3.05, 3.63) is 57.7 Å². The molecule has 0 bridgehead atoms. The Kier molecular flexibility index (Phi) is 4.25. The summed E-state index contributed by atoms with van der Waals surface area (Å²) >= 11 is 0. The zero-order chi connectivity index (χ0) is 19.1. The molecule has 7 nitrogen and oxygen atoms in total. The van der Waals surface area contributed by atoms with Gasteiger partial charge in [-0.1, -0.05) is 25.1 Å². The number of carbonyl (C=O) groups is 1. The van der Waals surface area contributed by atoms with Crippen LogP contribution in [0.4, 0.5) is 4.39 Å². The molecule has 8 heteroatoms. The van der Waals surface area contributed by atoms with Gasteiger partial charge in [0.2, 0.25) is 11.3 Å². The van der Waals surface area contributed by atoms with Crippen molar-refractivity contribution < 1.29 is 13.7 Å². The number of carbonyl (C=O) groups excluding carboxylic acids is 1. The molecule has 1 aromatic carbocycles. The molecular formula is C19H19FN4O3. The summed E-state index contributed by atoms with van der Waals surface area (Å²) in [5.74, 6) is 0.131. The van der Waals surface area contributed by atoms with Gasteiger partial charge in [-0.15, -0.1) is 0 Å². The molecule has 1 N–H and O–H groups in total. The van der Waals surface area contributed by atoms with Crippen LogP contribution in [0.1, 0.15) is 60.7 Å². The predicted octanol–water partition coefficient (Wildman–Crippen LogP) is 3.15. The first kappa shape index (κ1) is 17.4. The normalized spacial score (nSPS) is 17.2. The summed E-state index contributed by atoms with van der Waals surface area (Å²) in [6.45, 7) is 4.41. The summed E-state index contributed by atoms with van der Waals surface area (Å²) in [6, 6.07) is 3.85. The predicted molar refractivity (Wildman–Crippen MR) is 95.9 cm³/mol. The summed E-state index contributed by atoms with van der Waals surface area (Å²) in [6.07, 6.45) is 2.74. The molecule has 3 aromatic rings. The maximum absolute atomic E-state index is 13.9. The van der Waals surface area contributed by atoms with Gasteiger partial charge in [0, 0.05) is 24.0 Å². The van der Waals surface area contributed by atoms with E-state index in [-0.39, 0.29) is 28.4 Å². The van der Waals surface area contributed by atoms with Gasteiger partial charge >= 0.3 is 0 Å². The summed E-state index contributed by atoms with van der Waals surface area (Å²) < 4.78 is 19.2. The van der Waals surface area contributed by atoms with Crippen LogP contribution in [0.3, 0.4) is 0 Å². The molecular weight excluding hydrogens is 351 g/mol. The van der Waals surface area contributed by atoms with Crippen LogP contribution in [0.5, 0.6) is 0 Å². The second-order valence-electron chi connectivity index (χ2n) is 7.00. The lowest BCUT2D eigenvalue weighted by molar-refractivity contribution is 0.0708. The number of hydrogen-bond donors (Lipinski definition) is 1. The van der Waals surface area contributed by atoms with Crippen molar-refractivity contribution in [1.29, 1.82) is 0 Å². The highest BCUT2D eigenvalue weighted by Crippen LogP contribution is 2.32. The van der Waals surface area contributed by atoms with Crippen molar-refractivity contribution >= 4 is 16.8 Å². The average molecular weight is 370 g/mol. The SMILES string of the molecule is CC(C)c1noc([C@@H]2CCCN2C(=O)c2c[nH]c3c(F)cccc3c2=O)n1. The van der Waals surface area contributed by atoms with Crippen molar-refractivity contribution in [2.75, 3.05) is 6.54 Å². The molecule has 1 fully saturated rings. The minimum atomic E-state index is -0.533. The first-order chi connectivity index (χ1) is 13.0. The van der Waals surface area contributed by atoms with Crippen molar-refractivity contribution in [3.63, 3.8) is 0 Å². The molecule has 2 aromatic heterocycles. The van der Waals surface area contributed by atoms with Crippen LogP contribution in [0, 0.1) is 5.82 Å². The Bertz CT molecular complexity index is 1070. The number of likely N-dealkylation sites (tertiary alicyclic amines) is 1.